The van der Waals surface area contributed by atoms with E-state index in [1.165, 1.54) is 29.5 Å². The van der Waals surface area contributed by atoms with E-state index >= 15 is 0 Å². The summed E-state index contributed by atoms with van der Waals surface area (Å²) >= 11 is 4.23. The van der Waals surface area contributed by atoms with Gasteiger partial charge in [-0.15, -0.1) is 0 Å². The molecular weight excluding hydrogens is 204 g/mol. The van der Waals surface area contributed by atoms with Crippen LogP contribution in [0.15, 0.2) is 12.1 Å². The molecule has 0 unspecified atom stereocenters. The summed E-state index contributed by atoms with van der Waals surface area (Å²) in [6.07, 6.45) is 3.44. The smallest absolute Gasteiger partial charge is 0.124 e. The van der Waals surface area contributed by atoms with Gasteiger partial charge in [-0.1, -0.05) is 17.7 Å². The van der Waals surface area contributed by atoms with Gasteiger partial charge in [-0.25, -0.2) is 0 Å². The van der Waals surface area contributed by atoms with Crippen LogP contribution in [-0.2, 0) is 6.42 Å². The first-order valence-corrected chi connectivity index (χ1v) is 6.07. The first kappa shape index (κ1) is 12.4. The molecule has 0 saturated carbocycles. The highest BCUT2D eigenvalue weighted by Crippen LogP contribution is 2.26. The van der Waals surface area contributed by atoms with E-state index in [1.807, 2.05) is 0 Å². The summed E-state index contributed by atoms with van der Waals surface area (Å²) in [5.41, 5.74) is 3.88. The van der Waals surface area contributed by atoms with E-state index in [0.29, 0.717) is 0 Å². The van der Waals surface area contributed by atoms with Crippen LogP contribution in [0.1, 0.15) is 29.5 Å². The number of aryl methyl sites for hydroxylation is 3. The van der Waals surface area contributed by atoms with Crippen molar-refractivity contribution < 1.29 is 4.74 Å². The highest BCUT2D eigenvalue weighted by Gasteiger charge is 2.06. The minimum absolute atomic E-state index is 0.965. The van der Waals surface area contributed by atoms with Gasteiger partial charge in [-0.05, 0) is 50.0 Å². The van der Waals surface area contributed by atoms with Crippen molar-refractivity contribution in [2.24, 2.45) is 0 Å². The van der Waals surface area contributed by atoms with Gasteiger partial charge in [0.25, 0.3) is 0 Å². The molecule has 0 atom stereocenters. The molecular formula is C13H20OS. The zero-order valence-corrected chi connectivity index (χ0v) is 10.7. The Balaban J connectivity index is 2.84. The third-order valence-corrected chi connectivity index (χ3v) is 2.87. The first-order valence-electron chi connectivity index (χ1n) is 5.44. The number of unbranched alkanes of at least 4 members (excludes halogenated alkanes) is 1. The van der Waals surface area contributed by atoms with E-state index in [-0.39, 0.29) is 0 Å². The molecule has 0 saturated heterocycles. The molecule has 0 amide bonds. The minimum Gasteiger partial charge on any atom is -0.496 e. The fraction of sp³-hybridized carbons (Fsp3) is 0.538. The van der Waals surface area contributed by atoms with Crippen LogP contribution < -0.4 is 4.74 Å². The Kier molecular flexibility index (Phi) is 5.03. The predicted octanol–water partition coefficient (Wildman–Crippen LogP) is 3.56. The molecule has 0 radical (unpaired) electrons. The molecule has 0 aliphatic rings. The molecule has 0 bridgehead atoms. The van der Waals surface area contributed by atoms with Gasteiger partial charge in [-0.2, -0.15) is 12.6 Å². The molecule has 0 aliphatic carbocycles. The second-order valence-corrected chi connectivity index (χ2v) is 4.40. The van der Waals surface area contributed by atoms with Gasteiger partial charge in [0.15, 0.2) is 0 Å². The van der Waals surface area contributed by atoms with E-state index in [2.05, 4.69) is 38.6 Å². The summed E-state index contributed by atoms with van der Waals surface area (Å²) in [6, 6.07) is 4.39. The lowest BCUT2D eigenvalue weighted by Gasteiger charge is -2.12. The van der Waals surface area contributed by atoms with Gasteiger partial charge in [0.1, 0.15) is 5.75 Å². The van der Waals surface area contributed by atoms with E-state index in [9.17, 15) is 0 Å². The summed E-state index contributed by atoms with van der Waals surface area (Å²) in [5, 5.41) is 0. The maximum Gasteiger partial charge on any atom is 0.124 e. The molecule has 0 N–H and O–H groups in total. The second-order valence-electron chi connectivity index (χ2n) is 3.95. The van der Waals surface area contributed by atoms with Gasteiger partial charge in [0.05, 0.1) is 7.11 Å². The molecule has 0 aromatic heterocycles. The summed E-state index contributed by atoms with van der Waals surface area (Å²) in [4.78, 5) is 0. The molecule has 0 aliphatic heterocycles. The van der Waals surface area contributed by atoms with Crippen LogP contribution in [0.4, 0.5) is 0 Å². The lowest BCUT2D eigenvalue weighted by Crippen LogP contribution is -1.96. The van der Waals surface area contributed by atoms with E-state index in [0.717, 1.165) is 17.9 Å². The number of benzene rings is 1. The van der Waals surface area contributed by atoms with E-state index < -0.39 is 0 Å². The highest BCUT2D eigenvalue weighted by molar-refractivity contribution is 7.80. The minimum atomic E-state index is 0.965. The highest BCUT2D eigenvalue weighted by atomic mass is 32.1. The number of hydrogen-bond acceptors (Lipinski definition) is 2. The first-order chi connectivity index (χ1) is 7.19. The van der Waals surface area contributed by atoms with Crippen LogP contribution in [0.25, 0.3) is 0 Å². The van der Waals surface area contributed by atoms with E-state index in [1.54, 1.807) is 7.11 Å². The quantitative estimate of drug-likeness (QED) is 0.594. The van der Waals surface area contributed by atoms with Crippen LogP contribution in [0, 0.1) is 13.8 Å². The van der Waals surface area contributed by atoms with Gasteiger partial charge in [-0.3, -0.25) is 0 Å². The number of ether oxygens (including phenoxy) is 1. The Bertz CT molecular complexity index is 321. The molecule has 1 rings (SSSR count). The van der Waals surface area contributed by atoms with Crippen molar-refractivity contribution in [1.29, 1.82) is 0 Å². The molecule has 0 heterocycles. The largest absolute Gasteiger partial charge is 0.496 e. The lowest BCUT2D eigenvalue weighted by molar-refractivity contribution is 0.406. The molecule has 15 heavy (non-hydrogen) atoms. The molecule has 1 aromatic carbocycles. The molecule has 1 nitrogen and oxygen atoms in total. The van der Waals surface area contributed by atoms with Crippen molar-refractivity contribution in [3.63, 3.8) is 0 Å². The Labute approximate surface area is 98.3 Å². The van der Waals surface area contributed by atoms with Crippen LogP contribution in [0.5, 0.6) is 5.75 Å². The van der Waals surface area contributed by atoms with Crippen LogP contribution in [-0.4, -0.2) is 12.9 Å². The van der Waals surface area contributed by atoms with Crippen LogP contribution >= 0.6 is 12.6 Å². The molecule has 84 valence electrons. The van der Waals surface area contributed by atoms with Crippen LogP contribution in [0.2, 0.25) is 0 Å². The van der Waals surface area contributed by atoms with Gasteiger partial charge < -0.3 is 4.74 Å². The lowest BCUT2D eigenvalue weighted by atomic mass is 10.0. The maximum atomic E-state index is 5.44. The number of thiol groups is 1. The molecule has 2 heteroatoms. The summed E-state index contributed by atoms with van der Waals surface area (Å²) < 4.78 is 5.44. The topological polar surface area (TPSA) is 9.23 Å². The number of rotatable bonds is 5. The zero-order valence-electron chi connectivity index (χ0n) is 9.84. The Morgan fingerprint density at radius 2 is 1.93 bits per heavy atom. The van der Waals surface area contributed by atoms with Crippen molar-refractivity contribution in [2.45, 2.75) is 33.1 Å². The monoisotopic (exact) mass is 224 g/mol. The second kappa shape index (κ2) is 6.06. The number of hydrogen-bond donors (Lipinski definition) is 1. The van der Waals surface area contributed by atoms with Crippen molar-refractivity contribution >= 4 is 12.6 Å². The SMILES string of the molecule is COc1c(C)cc(C)cc1CCCCS. The third-order valence-electron chi connectivity index (χ3n) is 2.55. The Hall–Kier alpha value is -0.630. The summed E-state index contributed by atoms with van der Waals surface area (Å²) in [5.74, 6) is 2.02. The third kappa shape index (κ3) is 3.45. The summed E-state index contributed by atoms with van der Waals surface area (Å²) in [7, 11) is 1.75. The van der Waals surface area contributed by atoms with Gasteiger partial charge in [0.2, 0.25) is 0 Å². The normalized spacial score (nSPS) is 10.4. The molecule has 0 spiro atoms. The maximum absolute atomic E-state index is 5.44. The average Bonchev–Trinajstić information content (AvgIpc) is 2.17. The fourth-order valence-electron chi connectivity index (χ4n) is 1.95. The molecule has 1 aromatic rings. The molecule has 0 fully saturated rings. The number of methoxy groups -OCH3 is 1. The van der Waals surface area contributed by atoms with E-state index in [4.69, 9.17) is 4.74 Å². The average molecular weight is 224 g/mol. The summed E-state index contributed by atoms with van der Waals surface area (Å²) in [6.45, 7) is 4.24. The predicted molar refractivity (Wildman–Crippen MR) is 69.3 cm³/mol. The van der Waals surface area contributed by atoms with Crippen molar-refractivity contribution in [3.8, 4) is 5.75 Å². The Morgan fingerprint density at radius 1 is 1.20 bits per heavy atom. The standard InChI is InChI=1S/C13H20OS/c1-10-8-11(2)13(14-3)12(9-10)6-4-5-7-15/h8-9,15H,4-7H2,1-3H3. The fourth-order valence-corrected chi connectivity index (χ4v) is 2.17. The van der Waals surface area contributed by atoms with Crippen molar-refractivity contribution in [3.05, 3.63) is 28.8 Å². The Morgan fingerprint density at radius 3 is 2.53 bits per heavy atom. The zero-order chi connectivity index (χ0) is 11.3. The van der Waals surface area contributed by atoms with Crippen LogP contribution in [0.3, 0.4) is 0 Å². The van der Waals surface area contributed by atoms with Crippen molar-refractivity contribution in [1.82, 2.24) is 0 Å². The van der Waals surface area contributed by atoms with Gasteiger partial charge >= 0.3 is 0 Å². The van der Waals surface area contributed by atoms with Crippen molar-refractivity contribution in [2.75, 3.05) is 12.9 Å². The van der Waals surface area contributed by atoms with Gasteiger partial charge in [0, 0.05) is 0 Å².